The summed E-state index contributed by atoms with van der Waals surface area (Å²) in [5.41, 5.74) is 0.559. The van der Waals surface area contributed by atoms with Gasteiger partial charge in [-0.1, -0.05) is 6.92 Å². The van der Waals surface area contributed by atoms with E-state index in [1.165, 1.54) is 11.8 Å². The maximum Gasteiger partial charge on any atom is 0.230 e. The molecule has 0 fully saturated rings. The summed E-state index contributed by atoms with van der Waals surface area (Å²) in [4.78, 5) is 12.3. The zero-order chi connectivity index (χ0) is 13.4. The molecule has 0 aliphatic rings. The van der Waals surface area contributed by atoms with Gasteiger partial charge in [-0.25, -0.2) is 0 Å². The number of nitrogens with one attached hydrogen (secondary N) is 1. The van der Waals surface area contributed by atoms with Crippen molar-refractivity contribution in [2.75, 3.05) is 19.4 Å². The number of ether oxygens (including phenoxy) is 1. The van der Waals surface area contributed by atoms with E-state index in [-0.39, 0.29) is 5.91 Å². The van der Waals surface area contributed by atoms with Crippen molar-refractivity contribution in [1.82, 2.24) is 5.32 Å². The Kier molecular flexibility index (Phi) is 6.09. The molecule has 0 unspecified atom stereocenters. The predicted molar refractivity (Wildman–Crippen MR) is 71.7 cm³/mol. The van der Waals surface area contributed by atoms with Gasteiger partial charge in [0.15, 0.2) is 0 Å². The molecule has 0 aliphatic carbocycles. The second kappa shape index (κ2) is 7.62. The Balaban J connectivity index is 2.65. The summed E-state index contributed by atoms with van der Waals surface area (Å²) < 4.78 is 5.10. The van der Waals surface area contributed by atoms with E-state index in [0.717, 1.165) is 11.3 Å². The molecular formula is C13H16N2O2S. The number of nitrogens with zero attached hydrogens (tertiary/aromatic N) is 1. The topological polar surface area (TPSA) is 62.1 Å². The van der Waals surface area contributed by atoms with Gasteiger partial charge < -0.3 is 10.1 Å². The smallest absolute Gasteiger partial charge is 0.230 e. The van der Waals surface area contributed by atoms with E-state index in [9.17, 15) is 4.79 Å². The lowest BCUT2D eigenvalue weighted by molar-refractivity contribution is -0.118. The van der Waals surface area contributed by atoms with Gasteiger partial charge in [0, 0.05) is 11.4 Å². The van der Waals surface area contributed by atoms with E-state index >= 15 is 0 Å². The van der Waals surface area contributed by atoms with Gasteiger partial charge in [0.25, 0.3) is 0 Å². The molecule has 0 saturated heterocycles. The van der Waals surface area contributed by atoms with Gasteiger partial charge in [-0.2, -0.15) is 5.26 Å². The van der Waals surface area contributed by atoms with Crippen molar-refractivity contribution in [2.24, 2.45) is 0 Å². The highest BCUT2D eigenvalue weighted by Crippen LogP contribution is 2.26. The molecule has 1 aromatic carbocycles. The van der Waals surface area contributed by atoms with Crippen LogP contribution in [0, 0.1) is 11.3 Å². The number of hydrogen-bond donors (Lipinski definition) is 1. The summed E-state index contributed by atoms with van der Waals surface area (Å²) in [7, 11) is 1.57. The molecular weight excluding hydrogens is 248 g/mol. The Labute approximate surface area is 111 Å². The molecule has 1 rings (SSSR count). The predicted octanol–water partition coefficient (Wildman–Crippen LogP) is 2.19. The monoisotopic (exact) mass is 264 g/mol. The van der Waals surface area contributed by atoms with Crippen molar-refractivity contribution in [3.8, 4) is 11.8 Å². The average molecular weight is 264 g/mol. The van der Waals surface area contributed by atoms with Gasteiger partial charge in [0.1, 0.15) is 11.8 Å². The lowest BCUT2D eigenvalue weighted by Gasteiger charge is -2.07. The van der Waals surface area contributed by atoms with Gasteiger partial charge in [0.05, 0.1) is 18.4 Å². The molecule has 0 radical (unpaired) electrons. The number of methoxy groups -OCH3 is 1. The van der Waals surface area contributed by atoms with Crippen LogP contribution in [0.2, 0.25) is 0 Å². The summed E-state index contributed by atoms with van der Waals surface area (Å²) in [6.45, 7) is 2.69. The van der Waals surface area contributed by atoms with Gasteiger partial charge in [-0.3, -0.25) is 4.79 Å². The summed E-state index contributed by atoms with van der Waals surface area (Å²) >= 11 is 1.35. The Hall–Kier alpha value is -1.67. The Morgan fingerprint density at radius 3 is 2.94 bits per heavy atom. The molecule has 0 spiro atoms. The van der Waals surface area contributed by atoms with E-state index in [4.69, 9.17) is 10.00 Å². The third-order valence-electron chi connectivity index (χ3n) is 2.24. The number of nitriles is 1. The number of carbonyl (C=O) groups is 1. The fraction of sp³-hybridized carbons (Fsp3) is 0.385. The highest BCUT2D eigenvalue weighted by Gasteiger charge is 2.07. The van der Waals surface area contributed by atoms with Crippen LogP contribution in [0.5, 0.6) is 5.75 Å². The second-order valence-corrected chi connectivity index (χ2v) is 4.63. The van der Waals surface area contributed by atoms with Crippen molar-refractivity contribution >= 4 is 17.7 Å². The number of thioether (sulfide) groups is 1. The lowest BCUT2D eigenvalue weighted by Crippen LogP contribution is -2.25. The third-order valence-corrected chi connectivity index (χ3v) is 3.30. The lowest BCUT2D eigenvalue weighted by atomic mass is 10.2. The Morgan fingerprint density at radius 1 is 1.56 bits per heavy atom. The quantitative estimate of drug-likeness (QED) is 0.800. The van der Waals surface area contributed by atoms with Crippen LogP contribution in [0.1, 0.15) is 18.9 Å². The number of rotatable bonds is 6. The van der Waals surface area contributed by atoms with Crippen LogP contribution in [0.25, 0.3) is 0 Å². The summed E-state index contributed by atoms with van der Waals surface area (Å²) in [6.07, 6.45) is 0.916. The van der Waals surface area contributed by atoms with Crippen LogP contribution in [0.3, 0.4) is 0 Å². The first-order valence-electron chi connectivity index (χ1n) is 5.69. The molecule has 4 nitrogen and oxygen atoms in total. The van der Waals surface area contributed by atoms with Crippen LogP contribution >= 0.6 is 11.8 Å². The number of amides is 1. The van der Waals surface area contributed by atoms with E-state index < -0.39 is 0 Å². The maximum atomic E-state index is 11.5. The van der Waals surface area contributed by atoms with Crippen molar-refractivity contribution in [3.05, 3.63) is 23.8 Å². The molecule has 0 saturated carbocycles. The minimum atomic E-state index is -0.0199. The van der Waals surface area contributed by atoms with E-state index in [1.54, 1.807) is 25.3 Å². The Bertz CT molecular complexity index is 455. The molecule has 0 aliphatic heterocycles. The first-order chi connectivity index (χ1) is 8.71. The largest absolute Gasteiger partial charge is 0.497 e. The maximum absolute atomic E-state index is 11.5. The standard InChI is InChI=1S/C13H16N2O2S/c1-3-6-15-13(16)9-18-12-7-11(17-2)5-4-10(12)8-14/h4-5,7H,3,6,9H2,1-2H3,(H,15,16). The SMILES string of the molecule is CCCNC(=O)CSc1cc(OC)ccc1C#N. The first-order valence-corrected chi connectivity index (χ1v) is 6.67. The molecule has 1 aromatic rings. The molecule has 0 heterocycles. The zero-order valence-corrected chi connectivity index (χ0v) is 11.3. The van der Waals surface area contributed by atoms with Crippen LogP contribution in [0.15, 0.2) is 23.1 Å². The molecule has 96 valence electrons. The molecule has 1 amide bonds. The van der Waals surface area contributed by atoms with E-state index in [1.807, 2.05) is 6.92 Å². The molecule has 5 heteroatoms. The van der Waals surface area contributed by atoms with Crippen LogP contribution in [-0.4, -0.2) is 25.3 Å². The van der Waals surface area contributed by atoms with Gasteiger partial charge in [0.2, 0.25) is 5.91 Å². The van der Waals surface area contributed by atoms with E-state index in [0.29, 0.717) is 23.6 Å². The minimum absolute atomic E-state index is 0.0199. The van der Waals surface area contributed by atoms with Crippen molar-refractivity contribution in [1.29, 1.82) is 5.26 Å². The molecule has 18 heavy (non-hydrogen) atoms. The van der Waals surface area contributed by atoms with Crippen LogP contribution in [0.4, 0.5) is 0 Å². The molecule has 1 N–H and O–H groups in total. The van der Waals surface area contributed by atoms with Crippen molar-refractivity contribution in [2.45, 2.75) is 18.2 Å². The second-order valence-electron chi connectivity index (χ2n) is 3.61. The summed E-state index contributed by atoms with van der Waals surface area (Å²) in [6, 6.07) is 7.32. The molecule has 0 bridgehead atoms. The fourth-order valence-corrected chi connectivity index (χ4v) is 2.16. The number of carbonyl (C=O) groups excluding carboxylic acids is 1. The highest BCUT2D eigenvalue weighted by atomic mass is 32.2. The minimum Gasteiger partial charge on any atom is -0.497 e. The average Bonchev–Trinajstić information content (AvgIpc) is 2.42. The summed E-state index contributed by atoms with van der Waals surface area (Å²) in [5.74, 6) is 0.973. The first kappa shape index (κ1) is 14.4. The highest BCUT2D eigenvalue weighted by molar-refractivity contribution is 8.00. The Morgan fingerprint density at radius 2 is 2.33 bits per heavy atom. The van der Waals surface area contributed by atoms with Gasteiger partial charge in [-0.15, -0.1) is 11.8 Å². The van der Waals surface area contributed by atoms with Crippen molar-refractivity contribution < 1.29 is 9.53 Å². The van der Waals surface area contributed by atoms with Crippen LogP contribution < -0.4 is 10.1 Å². The van der Waals surface area contributed by atoms with Crippen molar-refractivity contribution in [3.63, 3.8) is 0 Å². The molecule has 0 aromatic heterocycles. The third kappa shape index (κ3) is 4.30. The fourth-order valence-electron chi connectivity index (χ4n) is 1.30. The normalized spacial score (nSPS) is 9.61. The zero-order valence-electron chi connectivity index (χ0n) is 10.5. The van der Waals surface area contributed by atoms with Gasteiger partial charge in [-0.05, 0) is 24.6 Å². The molecule has 0 atom stereocenters. The van der Waals surface area contributed by atoms with E-state index in [2.05, 4.69) is 11.4 Å². The number of hydrogen-bond acceptors (Lipinski definition) is 4. The van der Waals surface area contributed by atoms with Gasteiger partial charge >= 0.3 is 0 Å². The summed E-state index contributed by atoms with van der Waals surface area (Å²) in [5, 5.41) is 11.8. The van der Waals surface area contributed by atoms with Crippen LogP contribution in [-0.2, 0) is 4.79 Å². The number of benzene rings is 1.